The van der Waals surface area contributed by atoms with Crippen LogP contribution in [0, 0.1) is 0 Å². The molecule has 0 aliphatic rings. The van der Waals surface area contributed by atoms with Crippen LogP contribution in [0.4, 0.5) is 17.3 Å². The first-order chi connectivity index (χ1) is 8.19. The summed E-state index contributed by atoms with van der Waals surface area (Å²) in [4.78, 5) is 8.11. The Kier molecular flexibility index (Phi) is 3.66. The van der Waals surface area contributed by atoms with Crippen molar-refractivity contribution >= 4 is 40.5 Å². The third-order valence-corrected chi connectivity index (χ3v) is 2.66. The van der Waals surface area contributed by atoms with Gasteiger partial charge in [-0.25, -0.2) is 9.97 Å². The van der Waals surface area contributed by atoms with E-state index in [1.165, 1.54) is 6.33 Å². The molecule has 88 valence electrons. The van der Waals surface area contributed by atoms with Crippen LogP contribution in [0.1, 0.15) is 0 Å². The molecule has 0 radical (unpaired) electrons. The van der Waals surface area contributed by atoms with Crippen LogP contribution in [0.15, 0.2) is 30.6 Å². The van der Waals surface area contributed by atoms with E-state index in [9.17, 15) is 0 Å². The SMILES string of the molecule is CNc1cc(Nc2ccc(Cl)cc2Cl)ncn1. The van der Waals surface area contributed by atoms with Gasteiger partial charge in [-0.15, -0.1) is 0 Å². The lowest BCUT2D eigenvalue weighted by molar-refractivity contribution is 1.16. The van der Waals surface area contributed by atoms with Crippen LogP contribution in [-0.2, 0) is 0 Å². The lowest BCUT2D eigenvalue weighted by Crippen LogP contribution is -1.98. The van der Waals surface area contributed by atoms with Gasteiger partial charge in [0.15, 0.2) is 0 Å². The van der Waals surface area contributed by atoms with Crippen molar-refractivity contribution in [3.05, 3.63) is 40.6 Å². The van der Waals surface area contributed by atoms with Crippen LogP contribution in [0.2, 0.25) is 10.0 Å². The van der Waals surface area contributed by atoms with Gasteiger partial charge < -0.3 is 10.6 Å². The number of nitrogens with zero attached hydrogens (tertiary/aromatic N) is 2. The van der Waals surface area contributed by atoms with Crippen LogP contribution in [-0.4, -0.2) is 17.0 Å². The van der Waals surface area contributed by atoms with E-state index < -0.39 is 0 Å². The molecule has 17 heavy (non-hydrogen) atoms. The Hall–Kier alpha value is -1.52. The minimum atomic E-state index is 0.544. The highest BCUT2D eigenvalue weighted by atomic mass is 35.5. The Morgan fingerprint density at radius 2 is 1.82 bits per heavy atom. The fraction of sp³-hybridized carbons (Fsp3) is 0.0909. The van der Waals surface area contributed by atoms with E-state index in [0.29, 0.717) is 15.9 Å². The molecule has 2 rings (SSSR count). The molecular formula is C11H10Cl2N4. The predicted molar refractivity (Wildman–Crippen MR) is 71.3 cm³/mol. The van der Waals surface area contributed by atoms with Gasteiger partial charge in [-0.1, -0.05) is 23.2 Å². The molecule has 0 aliphatic heterocycles. The summed E-state index contributed by atoms with van der Waals surface area (Å²) in [6, 6.07) is 7.01. The maximum absolute atomic E-state index is 6.05. The van der Waals surface area contributed by atoms with E-state index in [1.54, 1.807) is 31.3 Å². The van der Waals surface area contributed by atoms with Crippen LogP contribution in [0.25, 0.3) is 0 Å². The van der Waals surface area contributed by atoms with E-state index in [1.807, 2.05) is 0 Å². The smallest absolute Gasteiger partial charge is 0.135 e. The van der Waals surface area contributed by atoms with Gasteiger partial charge in [0.1, 0.15) is 18.0 Å². The number of rotatable bonds is 3. The fourth-order valence-electron chi connectivity index (χ4n) is 1.29. The molecule has 0 atom stereocenters. The van der Waals surface area contributed by atoms with Gasteiger partial charge in [0.25, 0.3) is 0 Å². The van der Waals surface area contributed by atoms with Gasteiger partial charge in [0.05, 0.1) is 10.7 Å². The lowest BCUT2D eigenvalue weighted by Gasteiger charge is -2.08. The number of benzene rings is 1. The number of hydrogen-bond acceptors (Lipinski definition) is 4. The van der Waals surface area contributed by atoms with Gasteiger partial charge in [-0.05, 0) is 18.2 Å². The van der Waals surface area contributed by atoms with Gasteiger partial charge in [0.2, 0.25) is 0 Å². The van der Waals surface area contributed by atoms with Gasteiger partial charge in [-0.3, -0.25) is 0 Å². The van der Waals surface area contributed by atoms with Crippen molar-refractivity contribution in [3.8, 4) is 0 Å². The number of aromatic nitrogens is 2. The Labute approximate surface area is 109 Å². The number of nitrogens with one attached hydrogen (secondary N) is 2. The van der Waals surface area contributed by atoms with Gasteiger partial charge in [-0.2, -0.15) is 0 Å². The highest BCUT2D eigenvalue weighted by Gasteiger charge is 2.03. The van der Waals surface area contributed by atoms with Gasteiger partial charge in [0, 0.05) is 18.1 Å². The van der Waals surface area contributed by atoms with E-state index in [-0.39, 0.29) is 0 Å². The van der Waals surface area contributed by atoms with Crippen LogP contribution in [0.5, 0.6) is 0 Å². The topological polar surface area (TPSA) is 49.8 Å². The number of halogens is 2. The van der Waals surface area contributed by atoms with E-state index in [0.717, 1.165) is 11.5 Å². The molecule has 1 heterocycles. The Balaban J connectivity index is 2.25. The van der Waals surface area contributed by atoms with E-state index >= 15 is 0 Å². The molecule has 0 bridgehead atoms. The van der Waals surface area contributed by atoms with Crippen molar-refractivity contribution in [2.45, 2.75) is 0 Å². The first kappa shape index (κ1) is 12.0. The number of anilines is 3. The van der Waals surface area contributed by atoms with Crippen molar-refractivity contribution in [3.63, 3.8) is 0 Å². The molecule has 0 amide bonds. The van der Waals surface area contributed by atoms with Crippen LogP contribution in [0.3, 0.4) is 0 Å². The quantitative estimate of drug-likeness (QED) is 0.894. The summed E-state index contributed by atoms with van der Waals surface area (Å²) < 4.78 is 0. The normalized spacial score (nSPS) is 10.1. The maximum atomic E-state index is 6.05. The molecule has 1 aromatic heterocycles. The molecule has 6 heteroatoms. The zero-order valence-electron chi connectivity index (χ0n) is 9.04. The minimum absolute atomic E-state index is 0.544. The first-order valence-electron chi connectivity index (χ1n) is 4.91. The van der Waals surface area contributed by atoms with E-state index in [4.69, 9.17) is 23.2 Å². The minimum Gasteiger partial charge on any atom is -0.373 e. The zero-order chi connectivity index (χ0) is 12.3. The number of hydrogen-bond donors (Lipinski definition) is 2. The molecule has 0 fully saturated rings. The molecule has 2 aromatic rings. The lowest BCUT2D eigenvalue weighted by atomic mass is 10.3. The van der Waals surface area contributed by atoms with Gasteiger partial charge >= 0.3 is 0 Å². The van der Waals surface area contributed by atoms with E-state index in [2.05, 4.69) is 20.6 Å². The third-order valence-electron chi connectivity index (χ3n) is 2.12. The monoisotopic (exact) mass is 268 g/mol. The maximum Gasteiger partial charge on any atom is 0.135 e. The molecule has 0 saturated heterocycles. The van der Waals surface area contributed by atoms with Crippen molar-refractivity contribution in [1.82, 2.24) is 9.97 Å². The zero-order valence-corrected chi connectivity index (χ0v) is 10.5. The van der Waals surface area contributed by atoms with Crippen molar-refractivity contribution < 1.29 is 0 Å². The molecule has 0 spiro atoms. The summed E-state index contributed by atoms with van der Waals surface area (Å²) in [6.45, 7) is 0. The molecule has 2 N–H and O–H groups in total. The Morgan fingerprint density at radius 1 is 1.06 bits per heavy atom. The summed E-state index contributed by atoms with van der Waals surface area (Å²) in [6.07, 6.45) is 1.47. The van der Waals surface area contributed by atoms with Crippen molar-refractivity contribution in [2.75, 3.05) is 17.7 Å². The predicted octanol–water partition coefficient (Wildman–Crippen LogP) is 3.57. The largest absolute Gasteiger partial charge is 0.373 e. The summed E-state index contributed by atoms with van der Waals surface area (Å²) in [5, 5.41) is 7.16. The highest BCUT2D eigenvalue weighted by Crippen LogP contribution is 2.27. The highest BCUT2D eigenvalue weighted by molar-refractivity contribution is 6.36. The standard InChI is InChI=1S/C11H10Cl2N4/c1-14-10-5-11(16-6-15-10)17-9-3-2-7(12)4-8(9)13/h2-6H,1H3,(H2,14,15,16,17). The average Bonchev–Trinajstić information content (AvgIpc) is 2.33. The average molecular weight is 269 g/mol. The summed E-state index contributed by atoms with van der Waals surface area (Å²) in [5.41, 5.74) is 0.747. The molecule has 4 nitrogen and oxygen atoms in total. The molecule has 1 aromatic carbocycles. The molecule has 0 aliphatic carbocycles. The summed E-state index contributed by atoms with van der Waals surface area (Å²) in [7, 11) is 1.79. The summed E-state index contributed by atoms with van der Waals surface area (Å²) >= 11 is 11.9. The third kappa shape index (κ3) is 2.99. The Morgan fingerprint density at radius 3 is 2.53 bits per heavy atom. The first-order valence-corrected chi connectivity index (χ1v) is 5.66. The second-order valence-electron chi connectivity index (χ2n) is 3.29. The second kappa shape index (κ2) is 5.21. The van der Waals surface area contributed by atoms with Crippen molar-refractivity contribution in [1.29, 1.82) is 0 Å². The summed E-state index contributed by atoms with van der Waals surface area (Å²) in [5.74, 6) is 1.39. The molecule has 0 unspecified atom stereocenters. The van der Waals surface area contributed by atoms with Crippen LogP contribution < -0.4 is 10.6 Å². The molecule has 0 saturated carbocycles. The second-order valence-corrected chi connectivity index (χ2v) is 4.13. The Bertz CT molecular complexity index is 531. The van der Waals surface area contributed by atoms with Crippen LogP contribution >= 0.6 is 23.2 Å². The van der Waals surface area contributed by atoms with Crippen molar-refractivity contribution in [2.24, 2.45) is 0 Å². The molecular weight excluding hydrogens is 259 g/mol. The fourth-order valence-corrected chi connectivity index (χ4v) is 1.75.